The Balaban J connectivity index is 2.56. The highest BCUT2D eigenvalue weighted by Gasteiger charge is 2.35. The van der Waals surface area contributed by atoms with Crippen LogP contribution in [0.25, 0.3) is 0 Å². The Bertz CT molecular complexity index is 118. The lowest BCUT2D eigenvalue weighted by atomic mass is 10.1. The van der Waals surface area contributed by atoms with Gasteiger partial charge in [-0.3, -0.25) is 0 Å². The molecule has 0 aromatic heterocycles. The second-order valence-corrected chi connectivity index (χ2v) is 5.25. The average molecular weight is 256 g/mol. The summed E-state index contributed by atoms with van der Waals surface area (Å²) < 4.78 is 10.6. The predicted octanol–water partition coefficient (Wildman–Crippen LogP) is 2.31. The van der Waals surface area contributed by atoms with Crippen LogP contribution in [-0.2, 0) is 9.47 Å². The summed E-state index contributed by atoms with van der Waals surface area (Å²) in [7, 11) is 0. The van der Waals surface area contributed by atoms with E-state index in [1.807, 2.05) is 6.92 Å². The van der Waals surface area contributed by atoms with Gasteiger partial charge in [0.1, 0.15) is 0 Å². The van der Waals surface area contributed by atoms with E-state index in [-0.39, 0.29) is 5.60 Å². The van der Waals surface area contributed by atoms with E-state index >= 15 is 0 Å². The normalized spacial score (nSPS) is 39.6. The van der Waals surface area contributed by atoms with E-state index in [1.54, 1.807) is 0 Å². The number of halogens is 1. The summed E-state index contributed by atoms with van der Waals surface area (Å²) in [4.78, 5) is 0. The van der Waals surface area contributed by atoms with E-state index in [0.717, 1.165) is 13.0 Å². The third kappa shape index (κ3) is 2.36. The summed E-state index contributed by atoms with van der Waals surface area (Å²) in [6, 6.07) is 0. The van der Waals surface area contributed by atoms with Crippen LogP contribution in [0.3, 0.4) is 0 Å². The zero-order valence-corrected chi connectivity index (χ0v) is 8.77. The molecule has 1 fully saturated rings. The van der Waals surface area contributed by atoms with Gasteiger partial charge in [-0.2, -0.15) is 0 Å². The van der Waals surface area contributed by atoms with Crippen molar-refractivity contribution in [2.75, 3.05) is 6.61 Å². The maximum atomic E-state index is 5.63. The molecular weight excluding hydrogens is 243 g/mol. The van der Waals surface area contributed by atoms with E-state index < -0.39 is 3.79 Å². The van der Waals surface area contributed by atoms with Crippen LogP contribution in [0.5, 0.6) is 0 Å². The molecule has 0 bridgehead atoms. The van der Waals surface area contributed by atoms with Crippen molar-refractivity contribution in [3.63, 3.8) is 0 Å². The van der Waals surface area contributed by atoms with Crippen molar-refractivity contribution in [2.24, 2.45) is 0 Å². The summed E-state index contributed by atoms with van der Waals surface area (Å²) in [6.45, 7) is 6.92. The van der Waals surface area contributed by atoms with Gasteiger partial charge in [0.15, 0.2) is 0 Å². The lowest BCUT2D eigenvalue weighted by Crippen LogP contribution is -2.43. The minimum Gasteiger partial charge on any atom is -0.342 e. The van der Waals surface area contributed by atoms with Crippen molar-refractivity contribution >= 4 is 22.6 Å². The number of rotatable bonds is 0. The standard InChI is InChI=1S/C7H13IO2/c1-6(2)4-5-9-7(3,8)10-6/h4-5H2,1-3H3. The molecule has 2 nitrogen and oxygen atoms in total. The van der Waals surface area contributed by atoms with Gasteiger partial charge >= 0.3 is 0 Å². The van der Waals surface area contributed by atoms with Crippen LogP contribution in [0.4, 0.5) is 0 Å². The van der Waals surface area contributed by atoms with Crippen LogP contribution in [0.15, 0.2) is 0 Å². The number of ether oxygens (including phenoxy) is 2. The maximum absolute atomic E-state index is 5.63. The van der Waals surface area contributed by atoms with Gasteiger partial charge in [0.2, 0.25) is 3.79 Å². The van der Waals surface area contributed by atoms with E-state index in [1.165, 1.54) is 0 Å². The van der Waals surface area contributed by atoms with Gasteiger partial charge in [-0.15, -0.1) is 0 Å². The van der Waals surface area contributed by atoms with Crippen molar-refractivity contribution in [3.8, 4) is 0 Å². The molecule has 1 unspecified atom stereocenters. The highest BCUT2D eigenvalue weighted by atomic mass is 127. The fraction of sp³-hybridized carbons (Fsp3) is 1.00. The van der Waals surface area contributed by atoms with E-state index in [4.69, 9.17) is 9.47 Å². The minimum absolute atomic E-state index is 0.0197. The zero-order valence-electron chi connectivity index (χ0n) is 6.61. The molecule has 0 spiro atoms. The van der Waals surface area contributed by atoms with Crippen molar-refractivity contribution in [1.82, 2.24) is 0 Å². The molecule has 3 heteroatoms. The Morgan fingerprint density at radius 3 is 2.20 bits per heavy atom. The molecule has 1 aliphatic heterocycles. The molecule has 10 heavy (non-hydrogen) atoms. The average Bonchev–Trinajstić information content (AvgIpc) is 1.56. The van der Waals surface area contributed by atoms with Crippen molar-refractivity contribution in [1.29, 1.82) is 0 Å². The first-order valence-corrected chi connectivity index (χ1v) is 4.52. The Morgan fingerprint density at radius 1 is 1.30 bits per heavy atom. The fourth-order valence-corrected chi connectivity index (χ4v) is 1.87. The minimum atomic E-state index is -0.417. The number of hydrogen-bond donors (Lipinski definition) is 0. The topological polar surface area (TPSA) is 18.5 Å². The molecule has 0 aromatic carbocycles. The smallest absolute Gasteiger partial charge is 0.218 e. The lowest BCUT2D eigenvalue weighted by Gasteiger charge is -2.39. The summed E-state index contributed by atoms with van der Waals surface area (Å²) in [5.74, 6) is 0. The van der Waals surface area contributed by atoms with E-state index in [0.29, 0.717) is 0 Å². The molecule has 0 aromatic rings. The monoisotopic (exact) mass is 256 g/mol. The first-order chi connectivity index (χ1) is 4.41. The highest BCUT2D eigenvalue weighted by molar-refractivity contribution is 14.1. The van der Waals surface area contributed by atoms with Crippen LogP contribution in [0, 0.1) is 0 Å². The van der Waals surface area contributed by atoms with E-state index in [9.17, 15) is 0 Å². The first kappa shape index (κ1) is 8.74. The molecule has 0 aliphatic carbocycles. The molecule has 1 atom stereocenters. The quantitative estimate of drug-likeness (QED) is 0.489. The third-order valence-corrected chi connectivity index (χ3v) is 2.05. The van der Waals surface area contributed by atoms with Gasteiger partial charge in [-0.1, -0.05) is 0 Å². The van der Waals surface area contributed by atoms with Crippen molar-refractivity contribution in [3.05, 3.63) is 0 Å². The summed E-state index contributed by atoms with van der Waals surface area (Å²) >= 11 is 2.17. The molecule has 1 rings (SSSR count). The van der Waals surface area contributed by atoms with Gasteiger partial charge < -0.3 is 9.47 Å². The largest absolute Gasteiger partial charge is 0.342 e. The molecule has 60 valence electrons. The lowest BCUT2D eigenvalue weighted by molar-refractivity contribution is -0.247. The third-order valence-electron chi connectivity index (χ3n) is 1.52. The van der Waals surface area contributed by atoms with Crippen LogP contribution >= 0.6 is 22.6 Å². The first-order valence-electron chi connectivity index (χ1n) is 3.44. The fourth-order valence-electron chi connectivity index (χ4n) is 1.05. The summed E-state index contributed by atoms with van der Waals surface area (Å²) in [5, 5.41) is 0. The molecule has 1 heterocycles. The van der Waals surface area contributed by atoms with Gasteiger partial charge in [0, 0.05) is 0 Å². The second-order valence-electron chi connectivity index (χ2n) is 3.30. The highest BCUT2D eigenvalue weighted by Crippen LogP contribution is 2.34. The SMILES string of the molecule is CC1(C)CCOC(C)(I)O1. The van der Waals surface area contributed by atoms with Crippen LogP contribution in [0.2, 0.25) is 0 Å². The molecule has 0 saturated carbocycles. The number of alkyl halides is 1. The van der Waals surface area contributed by atoms with Gasteiger partial charge in [0.25, 0.3) is 0 Å². The Labute approximate surface area is 75.4 Å². The zero-order chi connectivity index (χ0) is 7.83. The second kappa shape index (κ2) is 2.60. The van der Waals surface area contributed by atoms with Gasteiger partial charge in [-0.05, 0) is 49.8 Å². The molecule has 1 saturated heterocycles. The maximum Gasteiger partial charge on any atom is 0.218 e. The molecule has 1 aliphatic rings. The summed E-state index contributed by atoms with van der Waals surface area (Å²) in [5.41, 5.74) is -0.0197. The molecular formula is C7H13IO2. The van der Waals surface area contributed by atoms with E-state index in [2.05, 4.69) is 36.4 Å². The van der Waals surface area contributed by atoms with Gasteiger partial charge in [-0.25, -0.2) is 0 Å². The number of hydrogen-bond acceptors (Lipinski definition) is 2. The van der Waals surface area contributed by atoms with Crippen molar-refractivity contribution < 1.29 is 9.47 Å². The van der Waals surface area contributed by atoms with Gasteiger partial charge in [0.05, 0.1) is 12.2 Å². The summed E-state index contributed by atoms with van der Waals surface area (Å²) in [6.07, 6.45) is 0.978. The Morgan fingerprint density at radius 2 is 1.90 bits per heavy atom. The molecule has 0 radical (unpaired) electrons. The Hall–Kier alpha value is 0.650. The van der Waals surface area contributed by atoms with Crippen LogP contribution < -0.4 is 0 Å². The van der Waals surface area contributed by atoms with Crippen molar-refractivity contribution in [2.45, 2.75) is 36.6 Å². The predicted molar refractivity (Wildman–Crippen MR) is 48.2 cm³/mol. The van der Waals surface area contributed by atoms with Crippen LogP contribution in [0.1, 0.15) is 27.2 Å². The van der Waals surface area contributed by atoms with Crippen LogP contribution in [-0.4, -0.2) is 16.0 Å². The molecule has 0 N–H and O–H groups in total. The Kier molecular flexibility index (Phi) is 2.28. The molecule has 0 amide bonds.